The van der Waals surface area contributed by atoms with Gasteiger partial charge >= 0.3 is 0 Å². The first-order valence-corrected chi connectivity index (χ1v) is 13.4. The number of rotatable bonds is 10. The van der Waals surface area contributed by atoms with E-state index >= 15 is 0 Å². The van der Waals surface area contributed by atoms with Gasteiger partial charge in [0.15, 0.2) is 0 Å². The van der Waals surface area contributed by atoms with E-state index in [2.05, 4.69) is 42.1 Å². The number of imidazole rings is 1. The minimum absolute atomic E-state index is 0.154. The van der Waals surface area contributed by atoms with E-state index in [1.165, 1.54) is 0 Å². The number of fused-ring (bicyclic) bond motifs is 1. The lowest BCUT2D eigenvalue weighted by Gasteiger charge is -2.15. The lowest BCUT2D eigenvalue weighted by atomic mass is 9.97. The van der Waals surface area contributed by atoms with E-state index in [1.54, 1.807) is 6.33 Å². The molecule has 0 unspecified atom stereocenters. The van der Waals surface area contributed by atoms with Crippen LogP contribution in [-0.4, -0.2) is 39.4 Å². The Labute approximate surface area is 224 Å². The van der Waals surface area contributed by atoms with Crippen molar-refractivity contribution in [1.82, 2.24) is 24.7 Å². The number of aromatic nitrogens is 4. The van der Waals surface area contributed by atoms with Gasteiger partial charge in [0.05, 0.1) is 11.2 Å². The second-order valence-corrected chi connectivity index (χ2v) is 10.0. The number of hydrogen-bond donors (Lipinski definition) is 2. The predicted octanol–water partition coefficient (Wildman–Crippen LogP) is 5.25. The normalized spacial score (nSPS) is 11.3. The van der Waals surface area contributed by atoms with Crippen LogP contribution in [0.2, 0.25) is 0 Å². The van der Waals surface area contributed by atoms with Crippen LogP contribution < -0.4 is 15.8 Å². The molecule has 0 aliphatic heterocycles. The highest BCUT2D eigenvalue weighted by atomic mass is 16.2. The van der Waals surface area contributed by atoms with Gasteiger partial charge in [-0.2, -0.15) is 0 Å². The van der Waals surface area contributed by atoms with Crippen molar-refractivity contribution in [2.24, 2.45) is 0 Å². The summed E-state index contributed by atoms with van der Waals surface area (Å²) in [6, 6.07) is 9.95. The number of H-pyrrole nitrogens is 1. The highest BCUT2D eigenvalue weighted by Gasteiger charge is 2.20. The molecule has 8 nitrogen and oxygen atoms in total. The van der Waals surface area contributed by atoms with Gasteiger partial charge < -0.3 is 15.2 Å². The molecule has 1 amide bonds. The van der Waals surface area contributed by atoms with Crippen molar-refractivity contribution in [3.8, 4) is 11.1 Å². The number of hydrogen-bond acceptors (Lipinski definition) is 5. The molecule has 0 aromatic carbocycles. The second kappa shape index (κ2) is 11.6. The van der Waals surface area contributed by atoms with Crippen molar-refractivity contribution >= 4 is 17.2 Å². The molecule has 2 N–H and O–H groups in total. The fourth-order valence-electron chi connectivity index (χ4n) is 5.00. The second-order valence-electron chi connectivity index (χ2n) is 10.0. The third-order valence-electron chi connectivity index (χ3n) is 7.13. The number of carbonyl (C=O) groups is 1. The van der Waals surface area contributed by atoms with E-state index in [4.69, 9.17) is 4.98 Å². The van der Waals surface area contributed by atoms with Crippen molar-refractivity contribution < 1.29 is 4.79 Å². The highest BCUT2D eigenvalue weighted by Crippen LogP contribution is 2.30. The minimum Gasteiger partial charge on any atom is -0.363 e. The van der Waals surface area contributed by atoms with Crippen LogP contribution in [0.3, 0.4) is 0 Å². The van der Waals surface area contributed by atoms with Gasteiger partial charge in [-0.05, 0) is 67.6 Å². The number of aromatic amines is 1. The highest BCUT2D eigenvalue weighted by molar-refractivity contribution is 5.95. The molecule has 8 heteroatoms. The summed E-state index contributed by atoms with van der Waals surface area (Å²) < 4.78 is 1.86. The summed E-state index contributed by atoms with van der Waals surface area (Å²) in [5.41, 5.74) is 6.43. The lowest BCUT2D eigenvalue weighted by Crippen LogP contribution is -2.29. The summed E-state index contributed by atoms with van der Waals surface area (Å²) in [5, 5.41) is 3.01. The van der Waals surface area contributed by atoms with Gasteiger partial charge in [-0.3, -0.25) is 14.0 Å². The number of pyridine rings is 3. The molecule has 0 saturated heterocycles. The molecule has 0 aliphatic rings. The first-order valence-electron chi connectivity index (χ1n) is 13.4. The zero-order valence-electron chi connectivity index (χ0n) is 23.3. The van der Waals surface area contributed by atoms with E-state index in [0.29, 0.717) is 17.2 Å². The topological polar surface area (TPSA) is 95.4 Å². The van der Waals surface area contributed by atoms with Crippen molar-refractivity contribution in [3.63, 3.8) is 0 Å². The maximum Gasteiger partial charge on any atom is 0.268 e. The SMILES string of the molecule is CCCc1cc(C)[nH]c(=O)c1CNC(=O)c1cc(-c2ccc(N(C)C)nc2)cc2c(C(CC)CC)ncn12. The van der Waals surface area contributed by atoms with Crippen LogP contribution in [-0.2, 0) is 13.0 Å². The molecule has 38 heavy (non-hydrogen) atoms. The number of nitrogens with one attached hydrogen (secondary N) is 2. The molecular weight excluding hydrogens is 476 g/mol. The summed E-state index contributed by atoms with van der Waals surface area (Å²) in [7, 11) is 3.91. The zero-order valence-corrected chi connectivity index (χ0v) is 23.3. The number of nitrogens with zero attached hydrogens (tertiary/aromatic N) is 4. The molecular formula is C30H38N6O2. The predicted molar refractivity (Wildman–Crippen MR) is 153 cm³/mol. The van der Waals surface area contributed by atoms with Gasteiger partial charge in [0, 0.05) is 49.6 Å². The number of anilines is 1. The number of carbonyl (C=O) groups excluding carboxylic acids is 1. The van der Waals surface area contributed by atoms with Crippen LogP contribution in [0.1, 0.15) is 79.0 Å². The zero-order chi connectivity index (χ0) is 27.4. The van der Waals surface area contributed by atoms with E-state index in [1.807, 2.05) is 60.8 Å². The molecule has 0 fully saturated rings. The van der Waals surface area contributed by atoms with Crippen LogP contribution in [0, 0.1) is 6.92 Å². The Morgan fingerprint density at radius 2 is 1.84 bits per heavy atom. The molecule has 0 atom stereocenters. The molecule has 0 spiro atoms. The van der Waals surface area contributed by atoms with Crippen molar-refractivity contribution in [2.45, 2.75) is 65.8 Å². The van der Waals surface area contributed by atoms with E-state index in [0.717, 1.165) is 65.1 Å². The fraction of sp³-hybridized carbons (Fsp3) is 0.400. The van der Waals surface area contributed by atoms with Gasteiger partial charge in [-0.25, -0.2) is 9.97 Å². The molecule has 4 rings (SSSR count). The Morgan fingerprint density at radius 1 is 1.08 bits per heavy atom. The molecule has 4 aromatic rings. The average Bonchev–Trinajstić information content (AvgIpc) is 3.32. The smallest absolute Gasteiger partial charge is 0.268 e. The van der Waals surface area contributed by atoms with Crippen LogP contribution in [0.15, 0.2) is 47.7 Å². The van der Waals surface area contributed by atoms with Crippen molar-refractivity contribution in [1.29, 1.82) is 0 Å². The Bertz CT molecular complexity index is 1480. The van der Waals surface area contributed by atoms with Gasteiger partial charge in [0.2, 0.25) is 0 Å². The monoisotopic (exact) mass is 514 g/mol. The van der Waals surface area contributed by atoms with Gasteiger partial charge in [0.25, 0.3) is 11.5 Å². The third kappa shape index (κ3) is 5.49. The van der Waals surface area contributed by atoms with Crippen molar-refractivity contribution in [3.05, 3.63) is 81.4 Å². The van der Waals surface area contributed by atoms with Crippen LogP contribution in [0.4, 0.5) is 5.82 Å². The van der Waals surface area contributed by atoms with Crippen LogP contribution in [0.5, 0.6) is 0 Å². The minimum atomic E-state index is -0.259. The fourth-order valence-corrected chi connectivity index (χ4v) is 5.00. The summed E-state index contributed by atoms with van der Waals surface area (Å²) >= 11 is 0. The molecule has 200 valence electrons. The molecule has 4 heterocycles. The number of aryl methyl sites for hydroxylation is 2. The summed E-state index contributed by atoms with van der Waals surface area (Å²) in [6.45, 7) is 8.43. The summed E-state index contributed by atoms with van der Waals surface area (Å²) in [6.07, 6.45) is 7.19. The Kier molecular flexibility index (Phi) is 8.29. The molecule has 0 saturated carbocycles. The Morgan fingerprint density at radius 3 is 2.47 bits per heavy atom. The maximum atomic E-state index is 13.6. The summed E-state index contributed by atoms with van der Waals surface area (Å²) in [5.74, 6) is 0.898. The molecule has 0 aliphatic carbocycles. The van der Waals surface area contributed by atoms with E-state index in [-0.39, 0.29) is 18.0 Å². The molecule has 0 bridgehead atoms. The summed E-state index contributed by atoms with van der Waals surface area (Å²) in [4.78, 5) is 40.5. The Hall–Kier alpha value is -3.94. The first kappa shape index (κ1) is 27.1. The Balaban J connectivity index is 1.77. The standard InChI is InChI=1S/C30H38N6O2/c1-7-10-21-13-19(4)34-29(37)24(21)17-32-30(38)26-15-23(22-11-12-27(31-16-22)35(5)6)14-25-28(20(8-2)9-3)33-18-36(25)26/h11-16,18,20H,7-10,17H2,1-6H3,(H,32,38)(H,34,37). The van der Waals surface area contributed by atoms with E-state index < -0.39 is 0 Å². The quantitative estimate of drug-likeness (QED) is 0.302. The maximum absolute atomic E-state index is 13.6. The average molecular weight is 515 g/mol. The van der Waals surface area contributed by atoms with Crippen molar-refractivity contribution in [2.75, 3.05) is 19.0 Å². The largest absolute Gasteiger partial charge is 0.363 e. The third-order valence-corrected chi connectivity index (χ3v) is 7.13. The van der Waals surface area contributed by atoms with Crippen LogP contribution in [0.25, 0.3) is 16.6 Å². The van der Waals surface area contributed by atoms with Crippen LogP contribution >= 0.6 is 0 Å². The first-order chi connectivity index (χ1) is 18.3. The van der Waals surface area contributed by atoms with Gasteiger partial charge in [-0.15, -0.1) is 0 Å². The van der Waals surface area contributed by atoms with Gasteiger partial charge in [0.1, 0.15) is 17.8 Å². The van der Waals surface area contributed by atoms with E-state index in [9.17, 15) is 9.59 Å². The molecule has 0 radical (unpaired) electrons. The lowest BCUT2D eigenvalue weighted by molar-refractivity contribution is 0.0944. The van der Waals surface area contributed by atoms with Gasteiger partial charge in [-0.1, -0.05) is 27.2 Å². The number of amides is 1. The molecule has 4 aromatic heterocycles.